The summed E-state index contributed by atoms with van der Waals surface area (Å²) in [5, 5.41) is 0. The van der Waals surface area contributed by atoms with Crippen LogP contribution in [0.15, 0.2) is 60.5 Å². The quantitative estimate of drug-likeness (QED) is 0.302. The lowest BCUT2D eigenvalue weighted by atomic mass is 9.90. The number of ether oxygens (including phenoxy) is 1. The van der Waals surface area contributed by atoms with Crippen molar-refractivity contribution in [1.82, 2.24) is 0 Å². The van der Waals surface area contributed by atoms with Gasteiger partial charge in [0.15, 0.2) is 0 Å². The summed E-state index contributed by atoms with van der Waals surface area (Å²) < 4.78 is 6.14. The first-order valence-corrected chi connectivity index (χ1v) is 8.72. The van der Waals surface area contributed by atoms with Crippen molar-refractivity contribution in [3.05, 3.63) is 61.0 Å². The molecule has 0 radical (unpaired) electrons. The van der Waals surface area contributed by atoms with Crippen LogP contribution in [0.25, 0.3) is 5.57 Å². The second kappa shape index (κ2) is 9.76. The van der Waals surface area contributed by atoms with Gasteiger partial charge in [-0.1, -0.05) is 50.1 Å². The summed E-state index contributed by atoms with van der Waals surface area (Å²) in [7, 11) is 0. The zero-order valence-corrected chi connectivity index (χ0v) is 14.4. The van der Waals surface area contributed by atoms with Crippen molar-refractivity contribution in [2.24, 2.45) is 10.9 Å². The van der Waals surface area contributed by atoms with Gasteiger partial charge >= 0.3 is 0 Å². The van der Waals surface area contributed by atoms with E-state index in [1.54, 1.807) is 12.3 Å². The third-order valence-corrected chi connectivity index (χ3v) is 4.34. The van der Waals surface area contributed by atoms with Crippen molar-refractivity contribution in [1.29, 1.82) is 0 Å². The summed E-state index contributed by atoms with van der Waals surface area (Å²) in [5.41, 5.74) is 8.64. The lowest BCUT2D eigenvalue weighted by Crippen LogP contribution is -2.13. The second-order valence-corrected chi connectivity index (χ2v) is 6.23. The number of hydrogen-bond donors (Lipinski definition) is 1. The maximum Gasteiger partial charge on any atom is 0.217 e. The minimum Gasteiger partial charge on any atom is -0.477 e. The van der Waals surface area contributed by atoms with Gasteiger partial charge in [0, 0.05) is 17.5 Å². The first-order chi connectivity index (χ1) is 11.7. The molecule has 0 spiro atoms. The summed E-state index contributed by atoms with van der Waals surface area (Å²) in [4.78, 5) is 4.48. The zero-order chi connectivity index (χ0) is 17.2. The monoisotopic (exact) mass is 324 g/mol. The Balaban J connectivity index is 2.25. The highest BCUT2D eigenvalue weighted by Crippen LogP contribution is 2.28. The summed E-state index contributed by atoms with van der Waals surface area (Å²) >= 11 is 0. The summed E-state index contributed by atoms with van der Waals surface area (Å²) in [6, 6.07) is 7.80. The van der Waals surface area contributed by atoms with Crippen molar-refractivity contribution in [3.63, 3.8) is 0 Å². The molecule has 24 heavy (non-hydrogen) atoms. The number of nitrogen functional groups attached to an aromatic ring is 1. The highest BCUT2D eigenvalue weighted by molar-refractivity contribution is 5.75. The van der Waals surface area contributed by atoms with Crippen LogP contribution in [0.2, 0.25) is 0 Å². The van der Waals surface area contributed by atoms with E-state index in [1.165, 1.54) is 32.1 Å². The molecular formula is C21H28N2O. The third kappa shape index (κ3) is 5.41. The highest BCUT2D eigenvalue weighted by Gasteiger charge is 2.16. The van der Waals surface area contributed by atoms with Gasteiger partial charge in [-0.05, 0) is 42.9 Å². The number of benzene rings is 1. The summed E-state index contributed by atoms with van der Waals surface area (Å²) in [6.07, 6.45) is 12.4. The first-order valence-electron chi connectivity index (χ1n) is 8.72. The van der Waals surface area contributed by atoms with Gasteiger partial charge in [0.1, 0.15) is 0 Å². The molecule has 2 rings (SSSR count). The van der Waals surface area contributed by atoms with Gasteiger partial charge in [0.2, 0.25) is 5.88 Å². The minimum absolute atomic E-state index is 0.629. The number of nitrogens with zero attached hydrogens (tertiary/aromatic N) is 1. The SMILES string of the molecule is C=C/C=N\C(OCC1CCCCC1)=C(/CC=C)c1ccc(N)cc1. The van der Waals surface area contributed by atoms with E-state index in [4.69, 9.17) is 10.5 Å². The van der Waals surface area contributed by atoms with Crippen molar-refractivity contribution in [2.75, 3.05) is 12.3 Å². The van der Waals surface area contributed by atoms with Crippen molar-refractivity contribution in [2.45, 2.75) is 38.5 Å². The zero-order valence-electron chi connectivity index (χ0n) is 14.4. The maximum absolute atomic E-state index is 6.14. The number of anilines is 1. The molecule has 2 N–H and O–H groups in total. The third-order valence-electron chi connectivity index (χ3n) is 4.34. The minimum atomic E-state index is 0.629. The average molecular weight is 324 g/mol. The molecule has 1 aromatic carbocycles. The van der Waals surface area contributed by atoms with Crippen molar-refractivity contribution >= 4 is 17.5 Å². The van der Waals surface area contributed by atoms with Gasteiger partial charge in [-0.3, -0.25) is 0 Å². The standard InChI is InChI=1S/C21H28N2O/c1-3-8-20(18-11-13-19(22)14-12-18)21(23-15-4-2)24-16-17-9-6-5-7-10-17/h3-4,11-15,17H,1-2,5-10,16,22H2/b21-20-,23-15-. The van der Waals surface area contributed by atoms with Crippen LogP contribution in [0.3, 0.4) is 0 Å². The molecule has 1 aromatic rings. The van der Waals surface area contributed by atoms with Crippen LogP contribution in [0.5, 0.6) is 0 Å². The number of rotatable bonds is 8. The van der Waals surface area contributed by atoms with E-state index < -0.39 is 0 Å². The molecule has 0 heterocycles. The molecule has 1 fully saturated rings. The fourth-order valence-electron chi connectivity index (χ4n) is 3.03. The largest absolute Gasteiger partial charge is 0.477 e. The van der Waals surface area contributed by atoms with Gasteiger partial charge in [-0.15, -0.1) is 6.58 Å². The predicted octanol–water partition coefficient (Wildman–Crippen LogP) is 5.37. The van der Waals surface area contributed by atoms with E-state index in [2.05, 4.69) is 18.2 Å². The van der Waals surface area contributed by atoms with E-state index in [1.807, 2.05) is 30.3 Å². The Hall–Kier alpha value is -2.29. The predicted molar refractivity (Wildman–Crippen MR) is 104 cm³/mol. The first kappa shape index (κ1) is 18.1. The molecule has 128 valence electrons. The summed E-state index contributed by atoms with van der Waals surface area (Å²) in [5.74, 6) is 1.29. The number of hydrogen-bond acceptors (Lipinski definition) is 3. The second-order valence-electron chi connectivity index (χ2n) is 6.23. The van der Waals surface area contributed by atoms with Gasteiger partial charge in [0.05, 0.1) is 6.61 Å². The molecule has 0 aliphatic heterocycles. The molecule has 3 nitrogen and oxygen atoms in total. The molecule has 0 aromatic heterocycles. The normalized spacial score (nSPS) is 16.7. The van der Waals surface area contributed by atoms with Crippen LogP contribution in [0.1, 0.15) is 44.1 Å². The lowest BCUT2D eigenvalue weighted by Gasteiger charge is -2.22. The molecule has 0 bridgehead atoms. The van der Waals surface area contributed by atoms with Crippen molar-refractivity contribution < 1.29 is 4.74 Å². The van der Waals surface area contributed by atoms with Gasteiger partial charge in [0.25, 0.3) is 0 Å². The Labute approximate surface area is 145 Å². The Bertz CT molecular complexity index is 593. The molecule has 1 aliphatic carbocycles. The molecular weight excluding hydrogens is 296 g/mol. The van der Waals surface area contributed by atoms with Gasteiger partial charge in [-0.25, -0.2) is 4.99 Å². The van der Waals surface area contributed by atoms with Crippen LogP contribution >= 0.6 is 0 Å². The van der Waals surface area contributed by atoms with Crippen LogP contribution in [-0.2, 0) is 4.74 Å². The molecule has 0 atom stereocenters. The van der Waals surface area contributed by atoms with E-state index in [9.17, 15) is 0 Å². The Morgan fingerprint density at radius 2 is 1.88 bits per heavy atom. The van der Waals surface area contributed by atoms with Crippen LogP contribution < -0.4 is 5.73 Å². The summed E-state index contributed by atoms with van der Waals surface area (Å²) in [6.45, 7) is 8.30. The van der Waals surface area contributed by atoms with E-state index in [0.717, 1.165) is 23.4 Å². The fourth-order valence-corrected chi connectivity index (χ4v) is 3.03. The van der Waals surface area contributed by atoms with Gasteiger partial charge < -0.3 is 10.5 Å². The Morgan fingerprint density at radius 1 is 1.17 bits per heavy atom. The van der Waals surface area contributed by atoms with Crippen LogP contribution in [0.4, 0.5) is 5.69 Å². The topological polar surface area (TPSA) is 47.6 Å². The molecule has 3 heteroatoms. The number of allylic oxidation sites excluding steroid dienone is 3. The Kier molecular flexibility index (Phi) is 7.34. The highest BCUT2D eigenvalue weighted by atomic mass is 16.5. The van der Waals surface area contributed by atoms with Gasteiger partial charge in [-0.2, -0.15) is 0 Å². The average Bonchev–Trinajstić information content (AvgIpc) is 2.62. The maximum atomic E-state index is 6.14. The molecule has 0 saturated heterocycles. The molecule has 0 unspecified atom stereocenters. The van der Waals surface area contributed by atoms with Crippen LogP contribution in [-0.4, -0.2) is 12.8 Å². The fraction of sp³-hybridized carbons (Fsp3) is 0.381. The number of nitrogens with two attached hydrogens (primary N) is 1. The molecule has 1 saturated carbocycles. The van der Waals surface area contributed by atoms with E-state index in [0.29, 0.717) is 18.2 Å². The van der Waals surface area contributed by atoms with Crippen molar-refractivity contribution in [3.8, 4) is 0 Å². The smallest absolute Gasteiger partial charge is 0.217 e. The lowest BCUT2D eigenvalue weighted by molar-refractivity contribution is 0.142. The van der Waals surface area contributed by atoms with Crippen LogP contribution in [0, 0.1) is 5.92 Å². The molecule has 1 aliphatic rings. The number of aliphatic imine (C=N–C) groups is 1. The van der Waals surface area contributed by atoms with E-state index in [-0.39, 0.29) is 0 Å². The molecule has 0 amide bonds. The van der Waals surface area contributed by atoms with E-state index >= 15 is 0 Å². The Morgan fingerprint density at radius 3 is 2.50 bits per heavy atom.